The summed E-state index contributed by atoms with van der Waals surface area (Å²) >= 11 is 0. The lowest BCUT2D eigenvalue weighted by Gasteiger charge is -2.31. The second kappa shape index (κ2) is 16.6. The van der Waals surface area contributed by atoms with Gasteiger partial charge in [-0.3, -0.25) is 4.79 Å². The molecule has 7 rings (SSSR count). The van der Waals surface area contributed by atoms with Gasteiger partial charge in [0.15, 0.2) is 6.61 Å². The first-order valence-electron chi connectivity index (χ1n) is 16.4. The van der Waals surface area contributed by atoms with E-state index in [0.717, 1.165) is 69.5 Å². The number of benzene rings is 2. The first kappa shape index (κ1) is 34.2. The van der Waals surface area contributed by atoms with E-state index < -0.39 is 12.8 Å². The van der Waals surface area contributed by atoms with Crippen molar-refractivity contribution in [1.82, 2.24) is 25.9 Å². The molecule has 47 heavy (non-hydrogen) atoms. The maximum Gasteiger partial charge on any atom is 0.422 e. The normalized spacial score (nSPS) is 20.4. The van der Waals surface area contributed by atoms with Crippen LogP contribution in [-0.2, 0) is 6.54 Å². The van der Waals surface area contributed by atoms with Crippen LogP contribution in [0, 0.1) is 12.8 Å². The van der Waals surface area contributed by atoms with E-state index in [4.69, 9.17) is 9.47 Å². The largest absolute Gasteiger partial charge is 0.494 e. The molecule has 0 saturated carbocycles. The van der Waals surface area contributed by atoms with Crippen molar-refractivity contribution in [3.05, 3.63) is 65.2 Å². The summed E-state index contributed by atoms with van der Waals surface area (Å²) < 4.78 is 50.1. The Hall–Kier alpha value is -4.10. The van der Waals surface area contributed by atoms with Crippen molar-refractivity contribution in [3.8, 4) is 11.6 Å². The predicted molar refractivity (Wildman–Crippen MR) is 175 cm³/mol. The number of alkyl halides is 3. The number of aromatic nitrogens is 2. The van der Waals surface area contributed by atoms with Gasteiger partial charge >= 0.3 is 6.18 Å². The maximum atomic E-state index is 13.3. The lowest BCUT2D eigenvalue weighted by Crippen LogP contribution is -2.51. The highest BCUT2D eigenvalue weighted by atomic mass is 19.4. The van der Waals surface area contributed by atoms with Crippen molar-refractivity contribution in [2.24, 2.45) is 5.92 Å². The zero-order chi connectivity index (χ0) is 33.1. The summed E-state index contributed by atoms with van der Waals surface area (Å²) in [5.41, 5.74) is 2.34. The average Bonchev–Trinajstić information content (AvgIpc) is 3.07. The van der Waals surface area contributed by atoms with Crippen molar-refractivity contribution in [3.63, 3.8) is 0 Å². The number of hydrogen-bond donors (Lipinski definition) is 5. The minimum absolute atomic E-state index is 0.0174. The van der Waals surface area contributed by atoms with E-state index in [1.807, 2.05) is 24.3 Å². The van der Waals surface area contributed by atoms with Crippen molar-refractivity contribution in [2.75, 3.05) is 50.0 Å². The van der Waals surface area contributed by atoms with Gasteiger partial charge in [0.05, 0.1) is 12.2 Å². The molecule has 10 nitrogen and oxygen atoms in total. The molecule has 0 radical (unpaired) electrons. The third-order valence-corrected chi connectivity index (χ3v) is 8.36. The van der Waals surface area contributed by atoms with E-state index in [1.54, 1.807) is 31.2 Å². The number of ether oxygens (including phenoxy) is 2. The molecule has 3 aromatic rings. The van der Waals surface area contributed by atoms with E-state index in [1.165, 1.54) is 0 Å². The quantitative estimate of drug-likeness (QED) is 0.241. The van der Waals surface area contributed by atoms with Crippen LogP contribution in [0.15, 0.2) is 48.5 Å². The Morgan fingerprint density at radius 2 is 1.66 bits per heavy atom. The van der Waals surface area contributed by atoms with Gasteiger partial charge in [-0.2, -0.15) is 23.1 Å². The Labute approximate surface area is 273 Å². The second-order valence-corrected chi connectivity index (χ2v) is 12.1. The first-order valence-corrected chi connectivity index (χ1v) is 16.4. The van der Waals surface area contributed by atoms with Gasteiger partial charge in [0.2, 0.25) is 11.8 Å². The Balaban J connectivity index is 1.37. The van der Waals surface area contributed by atoms with Crippen LogP contribution in [0.25, 0.3) is 0 Å². The number of anilines is 3. The lowest BCUT2D eigenvalue weighted by atomic mass is 9.91. The summed E-state index contributed by atoms with van der Waals surface area (Å²) in [6.45, 7) is 4.50. The van der Waals surface area contributed by atoms with Gasteiger partial charge in [-0.25, -0.2) is 0 Å². The standard InChI is InChI=1S/C34H44F3N7O3/c1-23-30-41-27-12-10-25(11-13-27)31(45)42-29(26-7-6-17-38-20-26)21-39-16-4-2-3-5-18-46-28-14-8-24(9-15-28)19-40-33(43-30)44-32(23)47-22-34(35,36)37/h8-15,26,29,38-39H,2-7,16-22H2,1H3,(H,42,45)(H2,40,41,43,44). The SMILES string of the molecule is Cc1c2nc(nc1OCC(F)(F)F)NCc1ccc(cc1)OCCCCCCNCC(C1CCCNC1)NC(=O)c1ccc(cc1)N2. The lowest BCUT2D eigenvalue weighted by molar-refractivity contribution is -0.154. The number of fused-ring (bicyclic) bond motifs is 2. The number of halogens is 3. The van der Waals surface area contributed by atoms with Crippen molar-refractivity contribution >= 4 is 23.4 Å². The van der Waals surface area contributed by atoms with E-state index in [2.05, 4.69) is 36.6 Å². The van der Waals surface area contributed by atoms with Gasteiger partial charge in [-0.15, -0.1) is 0 Å². The summed E-state index contributed by atoms with van der Waals surface area (Å²) in [6.07, 6.45) is 1.76. The molecule has 1 fully saturated rings. The molecule has 1 amide bonds. The molecule has 2 unspecified atom stereocenters. The Kier molecular flexibility index (Phi) is 12.1. The van der Waals surface area contributed by atoms with Crippen LogP contribution in [-0.4, -0.2) is 67.5 Å². The molecule has 13 heteroatoms. The monoisotopic (exact) mass is 655 g/mol. The molecule has 2 aromatic carbocycles. The predicted octanol–water partition coefficient (Wildman–Crippen LogP) is 5.72. The molecule has 2 atom stereocenters. The number of nitrogens with zero attached hydrogens (tertiary/aromatic N) is 2. The van der Waals surface area contributed by atoms with Crippen LogP contribution in [0.5, 0.6) is 11.6 Å². The van der Waals surface area contributed by atoms with Gasteiger partial charge in [-0.1, -0.05) is 25.0 Å². The smallest absolute Gasteiger partial charge is 0.422 e. The zero-order valence-corrected chi connectivity index (χ0v) is 26.7. The van der Waals surface area contributed by atoms with Gasteiger partial charge in [0, 0.05) is 30.4 Å². The summed E-state index contributed by atoms with van der Waals surface area (Å²) in [7, 11) is 0. The molecule has 1 aromatic heterocycles. The molecule has 254 valence electrons. The van der Waals surface area contributed by atoms with Gasteiger partial charge in [-0.05, 0) is 100 Å². The van der Waals surface area contributed by atoms with Crippen LogP contribution < -0.4 is 36.1 Å². The van der Waals surface area contributed by atoms with Crippen LogP contribution >= 0.6 is 0 Å². The Morgan fingerprint density at radius 3 is 2.40 bits per heavy atom. The Morgan fingerprint density at radius 1 is 0.915 bits per heavy atom. The third kappa shape index (κ3) is 10.7. The zero-order valence-electron chi connectivity index (χ0n) is 26.7. The van der Waals surface area contributed by atoms with Crippen LogP contribution in [0.4, 0.5) is 30.6 Å². The number of piperidine rings is 1. The molecular weight excluding hydrogens is 611 g/mol. The van der Waals surface area contributed by atoms with Crippen molar-refractivity contribution in [1.29, 1.82) is 0 Å². The summed E-state index contributed by atoms with van der Waals surface area (Å²) in [5.74, 6) is 1.14. The fraction of sp³-hybridized carbons (Fsp3) is 0.500. The summed E-state index contributed by atoms with van der Waals surface area (Å²) in [5, 5.41) is 16.5. The molecule has 5 heterocycles. The average molecular weight is 656 g/mol. The summed E-state index contributed by atoms with van der Waals surface area (Å²) in [4.78, 5) is 22.1. The fourth-order valence-corrected chi connectivity index (χ4v) is 5.68. The van der Waals surface area contributed by atoms with Crippen LogP contribution in [0.3, 0.4) is 0 Å². The van der Waals surface area contributed by atoms with Crippen molar-refractivity contribution in [2.45, 2.75) is 64.2 Å². The molecule has 5 N–H and O–H groups in total. The molecule has 0 aliphatic carbocycles. The number of carbonyl (C=O) groups is 1. The molecular formula is C34H44F3N7O3. The summed E-state index contributed by atoms with van der Waals surface area (Å²) in [6, 6.07) is 14.5. The fourth-order valence-electron chi connectivity index (χ4n) is 5.68. The van der Waals surface area contributed by atoms with Crippen LogP contribution in [0.1, 0.15) is 60.0 Å². The number of rotatable bonds is 3. The minimum Gasteiger partial charge on any atom is -0.494 e. The highest BCUT2D eigenvalue weighted by molar-refractivity contribution is 5.94. The van der Waals surface area contributed by atoms with Crippen molar-refractivity contribution < 1.29 is 27.4 Å². The Bertz CT molecular complexity index is 1430. The topological polar surface area (TPSA) is 121 Å². The van der Waals surface area contributed by atoms with E-state index in [0.29, 0.717) is 42.4 Å². The highest BCUT2D eigenvalue weighted by Crippen LogP contribution is 2.29. The third-order valence-electron chi connectivity index (χ3n) is 8.36. The second-order valence-electron chi connectivity index (χ2n) is 12.1. The number of nitrogens with one attached hydrogen (secondary N) is 5. The van der Waals surface area contributed by atoms with Crippen LogP contribution in [0.2, 0.25) is 0 Å². The molecule has 1 saturated heterocycles. The minimum atomic E-state index is -4.53. The van der Waals surface area contributed by atoms with E-state index >= 15 is 0 Å². The number of amides is 1. The molecule has 4 aliphatic heterocycles. The van der Waals surface area contributed by atoms with E-state index in [9.17, 15) is 18.0 Å². The maximum absolute atomic E-state index is 13.3. The van der Waals surface area contributed by atoms with E-state index in [-0.39, 0.29) is 29.6 Å². The molecule has 6 bridgehead atoms. The van der Waals surface area contributed by atoms with Gasteiger partial charge < -0.3 is 36.1 Å². The van der Waals surface area contributed by atoms with Gasteiger partial charge in [0.1, 0.15) is 11.6 Å². The number of hydrogen-bond acceptors (Lipinski definition) is 9. The molecule has 4 aliphatic rings. The molecule has 0 spiro atoms. The number of carbonyl (C=O) groups excluding carboxylic acids is 1. The highest BCUT2D eigenvalue weighted by Gasteiger charge is 2.30. The first-order chi connectivity index (χ1) is 22.7. The van der Waals surface area contributed by atoms with Gasteiger partial charge in [0.25, 0.3) is 5.91 Å².